The molecule has 0 radical (unpaired) electrons. The zero-order valence-electron chi connectivity index (χ0n) is 27.0. The van der Waals surface area contributed by atoms with Gasteiger partial charge >= 0.3 is 0 Å². The fourth-order valence-electron chi connectivity index (χ4n) is 5.78. The number of rotatable bonds is 11. The van der Waals surface area contributed by atoms with Crippen LogP contribution in [0.25, 0.3) is 10.1 Å². The molecular formula is C32H48FN4O7PS. The largest absolute Gasteiger partial charge is 0.378 e. The number of carbonyl (C=O) groups excluding carboxylic acids is 4. The second kappa shape index (κ2) is 19.3. The van der Waals surface area contributed by atoms with E-state index in [1.807, 2.05) is 4.90 Å². The summed E-state index contributed by atoms with van der Waals surface area (Å²) in [5.41, 5.74) is 0.208. The fraction of sp³-hybridized carbons (Fsp3) is 0.625. The average molecular weight is 683 g/mol. The molecule has 14 heteroatoms. The lowest BCUT2D eigenvalue weighted by Crippen LogP contribution is -2.55. The monoisotopic (exact) mass is 682 g/mol. The normalized spacial score (nSPS) is 19.8. The number of unbranched alkanes of at least 4 members (excludes halogenated alkanes) is 1. The molecular weight excluding hydrogens is 634 g/mol. The number of halogens is 1. The van der Waals surface area contributed by atoms with Gasteiger partial charge in [-0.3, -0.25) is 14.4 Å². The number of fused-ring (bicyclic) bond motifs is 1. The van der Waals surface area contributed by atoms with Crippen LogP contribution in [-0.2, 0) is 19.1 Å². The van der Waals surface area contributed by atoms with Gasteiger partial charge in [-0.15, -0.1) is 11.3 Å². The molecule has 5 rings (SSSR count). The quantitative estimate of drug-likeness (QED) is 0.184. The zero-order chi connectivity index (χ0) is 33.6. The molecule has 3 N–H and O–H groups in total. The smallest absolute Gasteiger partial charge is 0.261 e. The molecule has 3 fully saturated rings. The summed E-state index contributed by atoms with van der Waals surface area (Å²) in [7, 11) is 1.13. The van der Waals surface area contributed by atoms with Crippen molar-refractivity contribution in [2.24, 2.45) is 11.8 Å². The Morgan fingerprint density at radius 1 is 1.17 bits per heavy atom. The number of hydrogen-bond donors (Lipinski definition) is 3. The molecule has 3 aliphatic heterocycles. The lowest BCUT2D eigenvalue weighted by atomic mass is 9.95. The number of likely N-dealkylation sites (tertiary alicyclic amines) is 2. The lowest BCUT2D eigenvalue weighted by Gasteiger charge is -2.39. The molecule has 3 saturated heterocycles. The van der Waals surface area contributed by atoms with Crippen LogP contribution in [0.15, 0.2) is 24.3 Å². The van der Waals surface area contributed by atoms with Crippen LogP contribution in [0, 0.1) is 11.8 Å². The van der Waals surface area contributed by atoms with Gasteiger partial charge in [0.1, 0.15) is 6.29 Å². The van der Waals surface area contributed by atoms with Crippen molar-refractivity contribution in [2.75, 3.05) is 60.0 Å². The fourth-order valence-corrected chi connectivity index (χ4v) is 7.20. The Balaban J connectivity index is 0.000000190. The maximum atomic E-state index is 13.5. The van der Waals surface area contributed by atoms with E-state index in [2.05, 4.69) is 24.2 Å². The van der Waals surface area contributed by atoms with Gasteiger partial charge in [-0.1, -0.05) is 19.4 Å². The molecule has 46 heavy (non-hydrogen) atoms. The number of amides is 3. The molecule has 0 saturated carbocycles. The van der Waals surface area contributed by atoms with Gasteiger partial charge in [0, 0.05) is 50.4 Å². The standard InChI is InChI=1S/C12H23NO.C11H11FNO3PS.C9H14N2O3/c1-11(6-3-4-9-14)10-12-7-5-8-13(12)2;1-13-11(14)9-5-7-4-6(10(12)17(15)16)2-3-8(7)18-9;12-7-10-5-8(6-10)9(13)11-1-3-14-4-2-11/h9,11-12H,3-8,10H2,1-2H3;2-5,10,15-16H,1H3,(H,13,14);7-8H,1-6H2. The number of hydrogen-bond acceptors (Lipinski definition) is 9. The average Bonchev–Trinajstić information content (AvgIpc) is 3.66. The highest BCUT2D eigenvalue weighted by molar-refractivity contribution is 7.45. The first kappa shape index (κ1) is 37.9. The predicted octanol–water partition coefficient (Wildman–Crippen LogP) is 3.93. The summed E-state index contributed by atoms with van der Waals surface area (Å²) >= 11 is 1.30. The van der Waals surface area contributed by atoms with Crippen molar-refractivity contribution >= 4 is 54.3 Å². The molecule has 3 atom stereocenters. The first-order valence-electron chi connectivity index (χ1n) is 15.8. The summed E-state index contributed by atoms with van der Waals surface area (Å²) in [6.45, 7) is 7.40. The summed E-state index contributed by atoms with van der Waals surface area (Å²) < 4.78 is 19.5. The number of thiophene rings is 1. The van der Waals surface area contributed by atoms with Crippen molar-refractivity contribution < 1.29 is 38.1 Å². The molecule has 2 aromatic rings. The number of carbonyl (C=O) groups is 4. The number of aldehydes is 1. The van der Waals surface area contributed by atoms with Gasteiger partial charge in [0.05, 0.1) is 24.0 Å². The molecule has 0 spiro atoms. The van der Waals surface area contributed by atoms with Crippen molar-refractivity contribution in [3.63, 3.8) is 0 Å². The molecule has 3 amide bonds. The summed E-state index contributed by atoms with van der Waals surface area (Å²) in [5, 5.41) is 3.24. The van der Waals surface area contributed by atoms with Crippen LogP contribution < -0.4 is 5.32 Å². The van der Waals surface area contributed by atoms with Gasteiger partial charge < -0.3 is 39.3 Å². The van der Waals surface area contributed by atoms with Crippen LogP contribution in [0.2, 0.25) is 0 Å². The SMILES string of the molecule is CC(CCCC=O)CC1CCCN1C.CNC(=O)c1cc2cc(C(F)P(O)O)ccc2s1.O=CN1CC(C(=O)N2CCOCC2)C1. The van der Waals surface area contributed by atoms with Crippen molar-refractivity contribution in [1.82, 2.24) is 20.0 Å². The van der Waals surface area contributed by atoms with Crippen LogP contribution in [0.1, 0.15) is 66.6 Å². The lowest BCUT2D eigenvalue weighted by molar-refractivity contribution is -0.147. The molecule has 3 aliphatic rings. The van der Waals surface area contributed by atoms with Crippen LogP contribution in [0.5, 0.6) is 0 Å². The van der Waals surface area contributed by atoms with Gasteiger partial charge in [0.25, 0.3) is 5.91 Å². The molecule has 1 aromatic heterocycles. The van der Waals surface area contributed by atoms with Gasteiger partial charge in [0.2, 0.25) is 20.7 Å². The Bertz CT molecular complexity index is 1270. The number of morpholine rings is 1. The number of nitrogens with one attached hydrogen (secondary N) is 1. The maximum absolute atomic E-state index is 13.5. The molecule has 3 unspecified atom stereocenters. The second-order valence-electron chi connectivity index (χ2n) is 12.1. The number of benzene rings is 1. The van der Waals surface area contributed by atoms with E-state index in [9.17, 15) is 23.6 Å². The Morgan fingerprint density at radius 3 is 2.48 bits per heavy atom. The number of ether oxygens (including phenoxy) is 1. The van der Waals surface area contributed by atoms with Gasteiger partial charge in [-0.2, -0.15) is 0 Å². The minimum Gasteiger partial charge on any atom is -0.378 e. The third kappa shape index (κ3) is 11.3. The molecule has 4 heterocycles. The van der Waals surface area contributed by atoms with Crippen molar-refractivity contribution in [1.29, 1.82) is 0 Å². The minimum atomic E-state index is -2.64. The van der Waals surface area contributed by atoms with E-state index in [4.69, 9.17) is 14.5 Å². The molecule has 0 bridgehead atoms. The van der Waals surface area contributed by atoms with Crippen LogP contribution in [0.4, 0.5) is 4.39 Å². The Hall–Kier alpha value is -2.54. The van der Waals surface area contributed by atoms with Crippen LogP contribution in [-0.4, -0.2) is 115 Å². The van der Waals surface area contributed by atoms with E-state index in [-0.39, 0.29) is 23.3 Å². The molecule has 1 aromatic carbocycles. The second-order valence-corrected chi connectivity index (χ2v) is 14.2. The summed E-state index contributed by atoms with van der Waals surface area (Å²) in [5.74, 6) is -1.00. The first-order valence-corrected chi connectivity index (χ1v) is 18.0. The van der Waals surface area contributed by atoms with E-state index >= 15 is 0 Å². The van der Waals surface area contributed by atoms with Crippen molar-refractivity contribution in [2.45, 2.75) is 57.4 Å². The van der Waals surface area contributed by atoms with Gasteiger partial charge in [-0.05, 0) is 74.3 Å². The van der Waals surface area contributed by atoms with Crippen molar-refractivity contribution in [3.05, 3.63) is 34.7 Å². The third-order valence-electron chi connectivity index (χ3n) is 8.56. The third-order valence-corrected chi connectivity index (χ3v) is 10.4. The van der Waals surface area contributed by atoms with Crippen molar-refractivity contribution in [3.8, 4) is 0 Å². The Labute approximate surface area is 276 Å². The summed E-state index contributed by atoms with van der Waals surface area (Å²) in [4.78, 5) is 67.9. The number of alkyl halides is 1. The highest BCUT2D eigenvalue weighted by Gasteiger charge is 2.35. The van der Waals surface area contributed by atoms with E-state index in [0.29, 0.717) is 44.3 Å². The van der Waals surface area contributed by atoms with E-state index < -0.39 is 14.3 Å². The van der Waals surface area contributed by atoms with Gasteiger partial charge in [-0.25, -0.2) is 4.39 Å². The summed E-state index contributed by atoms with van der Waals surface area (Å²) in [6, 6.07) is 7.17. The maximum Gasteiger partial charge on any atom is 0.261 e. The number of nitrogens with zero attached hydrogens (tertiary/aromatic N) is 3. The first-order chi connectivity index (χ1) is 22.1. The van der Waals surface area contributed by atoms with E-state index in [1.54, 1.807) is 24.1 Å². The topological polar surface area (TPSA) is 140 Å². The molecule has 11 nitrogen and oxygen atoms in total. The van der Waals surface area contributed by atoms with E-state index in [1.165, 1.54) is 55.7 Å². The van der Waals surface area contributed by atoms with Crippen LogP contribution >= 0.6 is 19.7 Å². The van der Waals surface area contributed by atoms with Crippen LogP contribution in [0.3, 0.4) is 0 Å². The summed E-state index contributed by atoms with van der Waals surface area (Å²) in [6.07, 6.45) is 8.90. The van der Waals surface area contributed by atoms with Gasteiger partial charge in [0.15, 0.2) is 5.91 Å². The molecule has 256 valence electrons. The Kier molecular flexibility index (Phi) is 15.9. The highest BCUT2D eigenvalue weighted by Crippen LogP contribution is 2.45. The highest BCUT2D eigenvalue weighted by atomic mass is 32.1. The molecule has 0 aliphatic carbocycles. The Morgan fingerprint density at radius 2 is 1.89 bits per heavy atom. The zero-order valence-corrected chi connectivity index (χ0v) is 28.7. The minimum absolute atomic E-state index is 0.0262. The van der Waals surface area contributed by atoms with E-state index in [0.717, 1.165) is 47.6 Å². The predicted molar refractivity (Wildman–Crippen MR) is 178 cm³/mol.